The van der Waals surface area contributed by atoms with Crippen LogP contribution in [0.2, 0.25) is 0 Å². The molecule has 122 valence electrons. The van der Waals surface area contributed by atoms with Gasteiger partial charge < -0.3 is 9.64 Å². The lowest BCUT2D eigenvalue weighted by Crippen LogP contribution is -2.42. The molecule has 1 amide bonds. The molecule has 1 aliphatic rings. The van der Waals surface area contributed by atoms with E-state index in [1.165, 1.54) is 6.42 Å². The summed E-state index contributed by atoms with van der Waals surface area (Å²) in [5.41, 5.74) is 2.30. The van der Waals surface area contributed by atoms with Gasteiger partial charge in [-0.25, -0.2) is 0 Å². The van der Waals surface area contributed by atoms with Gasteiger partial charge in [0.2, 0.25) is 0 Å². The first-order valence-corrected chi connectivity index (χ1v) is 8.28. The van der Waals surface area contributed by atoms with E-state index in [0.29, 0.717) is 18.3 Å². The van der Waals surface area contributed by atoms with Crippen LogP contribution in [0.15, 0.2) is 30.3 Å². The Hall–Kier alpha value is -2.30. The molecular weight excluding hydrogens is 290 g/mol. The van der Waals surface area contributed by atoms with E-state index >= 15 is 0 Å². The number of amides is 1. The Balaban J connectivity index is 1.75. The molecule has 0 spiro atoms. The van der Waals surface area contributed by atoms with E-state index < -0.39 is 0 Å². The molecule has 23 heavy (non-hydrogen) atoms. The topological polar surface area (TPSA) is 58.2 Å². The quantitative estimate of drug-likeness (QED) is 0.940. The molecule has 1 unspecified atom stereocenters. The highest BCUT2D eigenvalue weighted by atomic mass is 16.5. The monoisotopic (exact) mass is 313 g/mol. The van der Waals surface area contributed by atoms with Crippen LogP contribution < -0.4 is 4.74 Å². The average Bonchev–Trinajstić information content (AvgIpc) is 3.06. The predicted molar refractivity (Wildman–Crippen MR) is 89.5 cm³/mol. The second-order valence-corrected chi connectivity index (χ2v) is 5.97. The van der Waals surface area contributed by atoms with Crippen LogP contribution in [0.1, 0.15) is 43.6 Å². The van der Waals surface area contributed by atoms with Gasteiger partial charge in [0, 0.05) is 18.2 Å². The van der Waals surface area contributed by atoms with Gasteiger partial charge in [0.15, 0.2) is 0 Å². The number of hydrogen-bond acceptors (Lipinski definition) is 3. The van der Waals surface area contributed by atoms with Crippen molar-refractivity contribution in [3.8, 4) is 17.0 Å². The summed E-state index contributed by atoms with van der Waals surface area (Å²) < 4.78 is 5.44. The number of ether oxygens (including phenoxy) is 1. The van der Waals surface area contributed by atoms with Crippen LogP contribution >= 0.6 is 0 Å². The molecule has 3 rings (SSSR count). The molecule has 0 aliphatic carbocycles. The maximum absolute atomic E-state index is 12.6. The third kappa shape index (κ3) is 3.38. The molecule has 1 N–H and O–H groups in total. The van der Waals surface area contributed by atoms with Gasteiger partial charge in [0.05, 0.1) is 12.3 Å². The fourth-order valence-corrected chi connectivity index (χ4v) is 3.02. The summed E-state index contributed by atoms with van der Waals surface area (Å²) in [5, 5.41) is 7.18. The Morgan fingerprint density at radius 1 is 1.35 bits per heavy atom. The molecule has 2 heterocycles. The number of nitrogens with one attached hydrogen (secondary N) is 1. The van der Waals surface area contributed by atoms with Crippen LogP contribution in [0, 0.1) is 0 Å². The van der Waals surface area contributed by atoms with Crippen molar-refractivity contribution >= 4 is 5.91 Å². The zero-order valence-electron chi connectivity index (χ0n) is 13.7. The Morgan fingerprint density at radius 3 is 2.83 bits per heavy atom. The summed E-state index contributed by atoms with van der Waals surface area (Å²) in [5.74, 6) is 0.882. The first-order valence-electron chi connectivity index (χ1n) is 8.28. The van der Waals surface area contributed by atoms with Crippen LogP contribution in [0.4, 0.5) is 0 Å². The van der Waals surface area contributed by atoms with Crippen molar-refractivity contribution in [2.24, 2.45) is 0 Å². The van der Waals surface area contributed by atoms with Crippen LogP contribution in [-0.2, 0) is 0 Å². The SMILES string of the molecule is CCOc1ccc(-c2cc(C(=O)N3CCCCC3C)[nH]n2)cc1. The standard InChI is InChI=1S/C18H23N3O2/c1-3-23-15-9-7-14(8-10-15)16-12-17(20-19-16)18(22)21-11-5-4-6-13(21)2/h7-10,12-13H,3-6,11H2,1-2H3,(H,19,20). The summed E-state index contributed by atoms with van der Waals surface area (Å²) in [6, 6.07) is 9.88. The number of rotatable bonds is 4. The van der Waals surface area contributed by atoms with E-state index in [4.69, 9.17) is 4.74 Å². The van der Waals surface area contributed by atoms with E-state index in [1.807, 2.05) is 42.2 Å². The molecule has 5 nitrogen and oxygen atoms in total. The second kappa shape index (κ2) is 6.86. The van der Waals surface area contributed by atoms with Crippen molar-refractivity contribution in [1.29, 1.82) is 0 Å². The highest BCUT2D eigenvalue weighted by Gasteiger charge is 2.25. The molecule has 1 aliphatic heterocycles. The van der Waals surface area contributed by atoms with Gasteiger partial charge in [0.1, 0.15) is 11.4 Å². The average molecular weight is 313 g/mol. The maximum Gasteiger partial charge on any atom is 0.272 e. The Kier molecular flexibility index (Phi) is 4.65. The lowest BCUT2D eigenvalue weighted by molar-refractivity contribution is 0.0629. The van der Waals surface area contributed by atoms with Crippen molar-refractivity contribution in [2.45, 2.75) is 39.2 Å². The zero-order chi connectivity index (χ0) is 16.2. The summed E-state index contributed by atoms with van der Waals surface area (Å²) in [4.78, 5) is 14.6. The highest BCUT2D eigenvalue weighted by Crippen LogP contribution is 2.23. The van der Waals surface area contributed by atoms with E-state index in [2.05, 4.69) is 17.1 Å². The number of aromatic amines is 1. The number of carbonyl (C=O) groups excluding carboxylic acids is 1. The first kappa shape index (κ1) is 15.6. The van der Waals surface area contributed by atoms with Gasteiger partial charge in [-0.2, -0.15) is 5.10 Å². The van der Waals surface area contributed by atoms with Crippen molar-refractivity contribution in [3.05, 3.63) is 36.0 Å². The van der Waals surface area contributed by atoms with Crippen LogP contribution in [0.3, 0.4) is 0 Å². The summed E-state index contributed by atoms with van der Waals surface area (Å²) in [6.45, 7) is 5.55. The number of nitrogens with zero attached hydrogens (tertiary/aromatic N) is 2. The normalized spacial score (nSPS) is 18.0. The molecule has 1 aromatic heterocycles. The van der Waals surface area contributed by atoms with Gasteiger partial charge in [-0.3, -0.25) is 9.89 Å². The maximum atomic E-state index is 12.6. The molecule has 1 saturated heterocycles. The minimum Gasteiger partial charge on any atom is -0.494 e. The van der Waals surface area contributed by atoms with Crippen LogP contribution in [0.5, 0.6) is 5.75 Å². The van der Waals surface area contributed by atoms with Crippen LogP contribution in [-0.4, -0.2) is 40.2 Å². The summed E-state index contributed by atoms with van der Waals surface area (Å²) in [6.07, 6.45) is 3.35. The van der Waals surface area contributed by atoms with Gasteiger partial charge in [0.25, 0.3) is 5.91 Å². The number of aromatic nitrogens is 2. The van der Waals surface area contributed by atoms with Crippen molar-refractivity contribution in [3.63, 3.8) is 0 Å². The fourth-order valence-electron chi connectivity index (χ4n) is 3.02. The number of hydrogen-bond donors (Lipinski definition) is 1. The smallest absolute Gasteiger partial charge is 0.272 e. The lowest BCUT2D eigenvalue weighted by atomic mass is 10.0. The Morgan fingerprint density at radius 2 is 2.13 bits per heavy atom. The zero-order valence-corrected chi connectivity index (χ0v) is 13.7. The van der Waals surface area contributed by atoms with Crippen molar-refractivity contribution < 1.29 is 9.53 Å². The van der Waals surface area contributed by atoms with Gasteiger partial charge >= 0.3 is 0 Å². The molecule has 5 heteroatoms. The summed E-state index contributed by atoms with van der Waals surface area (Å²) >= 11 is 0. The Bertz CT molecular complexity index is 663. The van der Waals surface area contributed by atoms with Gasteiger partial charge in [-0.15, -0.1) is 0 Å². The third-order valence-corrected chi connectivity index (χ3v) is 4.33. The van der Waals surface area contributed by atoms with E-state index in [1.54, 1.807) is 0 Å². The Labute approximate surface area is 136 Å². The predicted octanol–water partition coefficient (Wildman–Crippen LogP) is 3.49. The molecule has 1 atom stereocenters. The molecule has 0 saturated carbocycles. The number of benzene rings is 1. The van der Waals surface area contributed by atoms with Crippen molar-refractivity contribution in [2.75, 3.05) is 13.2 Å². The van der Waals surface area contributed by atoms with E-state index in [0.717, 1.165) is 36.4 Å². The second-order valence-electron chi connectivity index (χ2n) is 5.97. The number of H-pyrrole nitrogens is 1. The van der Waals surface area contributed by atoms with Gasteiger partial charge in [-0.05, 0) is 63.4 Å². The van der Waals surface area contributed by atoms with Crippen LogP contribution in [0.25, 0.3) is 11.3 Å². The molecule has 1 aromatic carbocycles. The fraction of sp³-hybridized carbons (Fsp3) is 0.444. The first-order chi connectivity index (χ1) is 11.2. The van der Waals surface area contributed by atoms with E-state index in [9.17, 15) is 4.79 Å². The molecule has 0 radical (unpaired) electrons. The van der Waals surface area contributed by atoms with Crippen molar-refractivity contribution in [1.82, 2.24) is 15.1 Å². The molecule has 1 fully saturated rings. The number of piperidine rings is 1. The minimum absolute atomic E-state index is 0.0434. The largest absolute Gasteiger partial charge is 0.494 e. The minimum atomic E-state index is 0.0434. The number of carbonyl (C=O) groups is 1. The highest BCUT2D eigenvalue weighted by molar-refractivity contribution is 5.93. The number of likely N-dealkylation sites (tertiary alicyclic amines) is 1. The third-order valence-electron chi connectivity index (χ3n) is 4.33. The van der Waals surface area contributed by atoms with Gasteiger partial charge in [-0.1, -0.05) is 0 Å². The molecule has 2 aromatic rings. The summed E-state index contributed by atoms with van der Waals surface area (Å²) in [7, 11) is 0. The van der Waals surface area contributed by atoms with E-state index in [-0.39, 0.29) is 5.91 Å². The molecule has 0 bridgehead atoms. The lowest BCUT2D eigenvalue weighted by Gasteiger charge is -2.32. The molecular formula is C18H23N3O2.